The molecule has 0 spiro atoms. The average Bonchev–Trinajstić information content (AvgIpc) is 2.88. The zero-order valence-electron chi connectivity index (χ0n) is 9.95. The summed E-state index contributed by atoms with van der Waals surface area (Å²) in [5, 5.41) is 0.607. The van der Waals surface area contributed by atoms with Crippen LogP contribution in [0.1, 0.15) is 27.0 Å². The number of rotatable bonds is 2. The van der Waals surface area contributed by atoms with E-state index in [9.17, 15) is 4.79 Å². The van der Waals surface area contributed by atoms with Crippen LogP contribution in [0.15, 0.2) is 36.4 Å². The van der Waals surface area contributed by atoms with Crippen LogP contribution >= 0.6 is 34.2 Å². The van der Waals surface area contributed by atoms with Crippen molar-refractivity contribution in [2.45, 2.75) is 13.2 Å². The first kappa shape index (κ1) is 13.1. The van der Waals surface area contributed by atoms with E-state index in [-0.39, 0.29) is 5.78 Å². The van der Waals surface area contributed by atoms with Gasteiger partial charge in [-0.2, -0.15) is 0 Å². The third-order valence-corrected chi connectivity index (χ3v) is 4.74. The van der Waals surface area contributed by atoms with Gasteiger partial charge < -0.3 is 4.74 Å². The van der Waals surface area contributed by atoms with Crippen LogP contribution in [0.5, 0.6) is 0 Å². The van der Waals surface area contributed by atoms with E-state index in [0.717, 1.165) is 14.7 Å². The molecule has 0 saturated carbocycles. The molecule has 2 aromatic carbocycles. The lowest BCUT2D eigenvalue weighted by Gasteiger charge is -2.05. The molecule has 0 atom stereocenters. The number of carbonyl (C=O) groups is 1. The maximum atomic E-state index is 12.4. The largest absolute Gasteiger partial charge is 0.372 e. The van der Waals surface area contributed by atoms with Gasteiger partial charge in [0.15, 0.2) is 5.78 Å². The summed E-state index contributed by atoms with van der Waals surface area (Å²) in [6.07, 6.45) is 0. The topological polar surface area (TPSA) is 26.3 Å². The predicted octanol–water partition coefficient (Wildman–Crippen LogP) is 4.21. The van der Waals surface area contributed by atoms with Crippen LogP contribution in [0.2, 0.25) is 5.02 Å². The monoisotopic (exact) mass is 384 g/mol. The van der Waals surface area contributed by atoms with E-state index in [4.69, 9.17) is 16.3 Å². The van der Waals surface area contributed by atoms with Gasteiger partial charge in [-0.1, -0.05) is 23.7 Å². The van der Waals surface area contributed by atoms with Gasteiger partial charge in [0.2, 0.25) is 0 Å². The third kappa shape index (κ3) is 2.55. The molecule has 0 bridgehead atoms. The average molecular weight is 385 g/mol. The summed E-state index contributed by atoms with van der Waals surface area (Å²) in [6.45, 7) is 1.23. The second-order valence-electron chi connectivity index (χ2n) is 4.43. The van der Waals surface area contributed by atoms with Crippen molar-refractivity contribution in [3.8, 4) is 0 Å². The van der Waals surface area contributed by atoms with Crippen LogP contribution in [0.3, 0.4) is 0 Å². The summed E-state index contributed by atoms with van der Waals surface area (Å²) in [5.74, 6) is -0.00648. The Bertz CT molecular complexity index is 667. The summed E-state index contributed by atoms with van der Waals surface area (Å²) in [7, 11) is 0. The summed E-state index contributed by atoms with van der Waals surface area (Å²) >= 11 is 8.20. The van der Waals surface area contributed by atoms with E-state index in [1.165, 1.54) is 0 Å². The van der Waals surface area contributed by atoms with Crippen molar-refractivity contribution in [1.82, 2.24) is 0 Å². The Labute approximate surface area is 129 Å². The fourth-order valence-corrected chi connectivity index (χ4v) is 2.63. The first-order valence-corrected chi connectivity index (χ1v) is 7.30. The second-order valence-corrected chi connectivity index (χ2v) is 6.00. The molecule has 4 heteroatoms. The van der Waals surface area contributed by atoms with Crippen molar-refractivity contribution >= 4 is 40.0 Å². The molecule has 19 heavy (non-hydrogen) atoms. The summed E-state index contributed by atoms with van der Waals surface area (Å²) in [5.41, 5.74) is 3.56. The summed E-state index contributed by atoms with van der Waals surface area (Å²) in [6, 6.07) is 11.1. The molecule has 0 unspecified atom stereocenters. The molecule has 0 amide bonds. The van der Waals surface area contributed by atoms with E-state index in [1.54, 1.807) is 12.1 Å². The molecule has 0 aliphatic carbocycles. The van der Waals surface area contributed by atoms with Gasteiger partial charge in [-0.05, 0) is 58.0 Å². The third-order valence-electron chi connectivity index (χ3n) is 3.17. The Morgan fingerprint density at radius 3 is 2.53 bits per heavy atom. The zero-order valence-corrected chi connectivity index (χ0v) is 12.9. The molecule has 0 aromatic heterocycles. The van der Waals surface area contributed by atoms with E-state index >= 15 is 0 Å². The fraction of sp³-hybridized carbons (Fsp3) is 0.133. The lowest BCUT2D eigenvalue weighted by molar-refractivity contribution is 0.103. The number of halogens is 2. The molecule has 0 radical (unpaired) electrons. The van der Waals surface area contributed by atoms with Gasteiger partial charge in [0.25, 0.3) is 0 Å². The standard InChI is InChI=1S/C15H10ClIO2/c16-13-6-10(3-4-14(13)17)15(18)9-1-2-11-7-19-8-12(11)5-9/h1-6H,7-8H2. The highest BCUT2D eigenvalue weighted by Gasteiger charge is 2.16. The maximum absolute atomic E-state index is 12.4. The molecular formula is C15H10ClIO2. The highest BCUT2D eigenvalue weighted by Crippen LogP contribution is 2.24. The Kier molecular flexibility index (Phi) is 3.60. The molecule has 1 aliphatic rings. The molecule has 0 saturated heterocycles. The van der Waals surface area contributed by atoms with Gasteiger partial charge in [-0.25, -0.2) is 0 Å². The minimum atomic E-state index is -0.00648. The van der Waals surface area contributed by atoms with Crippen molar-refractivity contribution in [1.29, 1.82) is 0 Å². The predicted molar refractivity (Wildman–Crippen MR) is 82.5 cm³/mol. The second kappa shape index (κ2) is 5.23. The lowest BCUT2D eigenvalue weighted by Crippen LogP contribution is -2.02. The van der Waals surface area contributed by atoms with Crippen molar-refractivity contribution in [2.75, 3.05) is 0 Å². The van der Waals surface area contributed by atoms with Gasteiger partial charge in [-0.15, -0.1) is 0 Å². The minimum Gasteiger partial charge on any atom is -0.372 e. The van der Waals surface area contributed by atoms with Crippen LogP contribution < -0.4 is 0 Å². The van der Waals surface area contributed by atoms with E-state index in [1.807, 2.05) is 24.3 Å². The van der Waals surface area contributed by atoms with Crippen LogP contribution in [-0.2, 0) is 18.0 Å². The quantitative estimate of drug-likeness (QED) is 0.573. The highest BCUT2D eigenvalue weighted by atomic mass is 127. The molecular weight excluding hydrogens is 375 g/mol. The normalized spacial score (nSPS) is 13.4. The van der Waals surface area contributed by atoms with E-state index < -0.39 is 0 Å². The van der Waals surface area contributed by atoms with Crippen molar-refractivity contribution in [3.63, 3.8) is 0 Å². The molecule has 1 aliphatic heterocycles. The van der Waals surface area contributed by atoms with Crippen molar-refractivity contribution < 1.29 is 9.53 Å². The van der Waals surface area contributed by atoms with Crippen LogP contribution in [0.25, 0.3) is 0 Å². The molecule has 1 heterocycles. The number of benzene rings is 2. The van der Waals surface area contributed by atoms with Gasteiger partial charge >= 0.3 is 0 Å². The van der Waals surface area contributed by atoms with Gasteiger partial charge in [0.1, 0.15) is 0 Å². The van der Waals surface area contributed by atoms with E-state index in [2.05, 4.69) is 22.6 Å². The van der Waals surface area contributed by atoms with Crippen LogP contribution in [-0.4, -0.2) is 5.78 Å². The van der Waals surface area contributed by atoms with Gasteiger partial charge in [0.05, 0.1) is 18.2 Å². The number of fused-ring (bicyclic) bond motifs is 1. The first-order chi connectivity index (χ1) is 9.15. The summed E-state index contributed by atoms with van der Waals surface area (Å²) < 4.78 is 6.30. The number of hydrogen-bond donors (Lipinski definition) is 0. The fourth-order valence-electron chi connectivity index (χ4n) is 2.12. The Morgan fingerprint density at radius 2 is 1.74 bits per heavy atom. The summed E-state index contributed by atoms with van der Waals surface area (Å²) in [4.78, 5) is 12.4. The Morgan fingerprint density at radius 1 is 1.05 bits per heavy atom. The molecule has 0 N–H and O–H groups in total. The Balaban J connectivity index is 1.97. The van der Waals surface area contributed by atoms with Crippen molar-refractivity contribution in [3.05, 3.63) is 67.2 Å². The number of ether oxygens (including phenoxy) is 1. The molecule has 96 valence electrons. The zero-order chi connectivity index (χ0) is 13.4. The maximum Gasteiger partial charge on any atom is 0.193 e. The van der Waals surface area contributed by atoms with E-state index in [0.29, 0.717) is 29.4 Å². The van der Waals surface area contributed by atoms with Crippen LogP contribution in [0, 0.1) is 3.57 Å². The first-order valence-electron chi connectivity index (χ1n) is 5.84. The molecule has 0 fully saturated rings. The minimum absolute atomic E-state index is 0.00648. The number of hydrogen-bond acceptors (Lipinski definition) is 2. The smallest absolute Gasteiger partial charge is 0.193 e. The highest BCUT2D eigenvalue weighted by molar-refractivity contribution is 14.1. The Hall–Kier alpha value is -0.910. The molecule has 3 rings (SSSR count). The SMILES string of the molecule is O=C(c1ccc(I)c(Cl)c1)c1ccc2c(c1)COC2. The van der Waals surface area contributed by atoms with Crippen molar-refractivity contribution in [2.24, 2.45) is 0 Å². The molecule has 2 nitrogen and oxygen atoms in total. The van der Waals surface area contributed by atoms with Gasteiger partial charge in [0, 0.05) is 14.7 Å². The number of ketones is 1. The molecule has 2 aromatic rings. The number of carbonyl (C=O) groups excluding carboxylic acids is 1. The lowest BCUT2D eigenvalue weighted by atomic mass is 9.99. The van der Waals surface area contributed by atoms with Gasteiger partial charge in [-0.3, -0.25) is 4.79 Å². The van der Waals surface area contributed by atoms with Crippen LogP contribution in [0.4, 0.5) is 0 Å².